The molecule has 1 N–H and O–H groups in total. The molecule has 2 heterocycles. The zero-order valence-corrected chi connectivity index (χ0v) is 8.44. The van der Waals surface area contributed by atoms with E-state index in [9.17, 15) is 0 Å². The van der Waals surface area contributed by atoms with Crippen molar-refractivity contribution in [2.24, 2.45) is 5.92 Å². The van der Waals surface area contributed by atoms with Crippen molar-refractivity contribution in [1.29, 1.82) is 0 Å². The van der Waals surface area contributed by atoms with Crippen LogP contribution in [0, 0.1) is 5.92 Å². The highest BCUT2D eigenvalue weighted by molar-refractivity contribution is 4.83. The highest BCUT2D eigenvalue weighted by Gasteiger charge is 2.22. The molecule has 1 aliphatic rings. The average molecular weight is 196 g/mol. The van der Waals surface area contributed by atoms with Crippen LogP contribution in [0.1, 0.15) is 12.2 Å². The zero-order valence-electron chi connectivity index (χ0n) is 8.44. The Hall–Kier alpha value is -0.940. The van der Waals surface area contributed by atoms with Gasteiger partial charge in [-0.05, 0) is 32.5 Å². The molecule has 0 spiro atoms. The van der Waals surface area contributed by atoms with Crippen LogP contribution in [0.25, 0.3) is 0 Å². The predicted octanol–water partition coefficient (Wildman–Crippen LogP) is 0.111. The predicted molar refractivity (Wildman–Crippen MR) is 51.6 cm³/mol. The van der Waals surface area contributed by atoms with Crippen LogP contribution < -0.4 is 5.32 Å². The number of hydrogen-bond donors (Lipinski definition) is 1. The Bertz CT molecular complexity index is 262. The molecule has 1 atom stereocenters. The van der Waals surface area contributed by atoms with Gasteiger partial charge in [-0.1, -0.05) is 5.16 Å². The van der Waals surface area contributed by atoms with Gasteiger partial charge in [0.1, 0.15) is 0 Å². The first kappa shape index (κ1) is 9.61. The van der Waals surface area contributed by atoms with Crippen molar-refractivity contribution in [2.75, 3.05) is 26.7 Å². The second kappa shape index (κ2) is 4.52. The van der Waals surface area contributed by atoms with E-state index in [1.54, 1.807) is 0 Å². The number of aromatic nitrogens is 2. The standard InChI is InChI=1S/C9H16N4O/c1-10-4-8-2-3-13(5-8)6-9-11-7-14-12-9/h7-8,10H,2-6H2,1H3. The topological polar surface area (TPSA) is 54.2 Å². The highest BCUT2D eigenvalue weighted by atomic mass is 16.5. The third-order valence-electron chi connectivity index (χ3n) is 2.63. The lowest BCUT2D eigenvalue weighted by atomic mass is 10.1. The first-order chi connectivity index (χ1) is 6.88. The van der Waals surface area contributed by atoms with Crippen LogP contribution in [-0.4, -0.2) is 41.7 Å². The Morgan fingerprint density at radius 2 is 2.64 bits per heavy atom. The van der Waals surface area contributed by atoms with E-state index in [1.165, 1.54) is 12.8 Å². The molecular weight excluding hydrogens is 180 g/mol. The molecule has 0 bridgehead atoms. The van der Waals surface area contributed by atoms with E-state index >= 15 is 0 Å². The molecule has 0 amide bonds. The van der Waals surface area contributed by atoms with Crippen LogP contribution in [0.2, 0.25) is 0 Å². The van der Waals surface area contributed by atoms with Crippen molar-refractivity contribution < 1.29 is 4.52 Å². The van der Waals surface area contributed by atoms with Crippen molar-refractivity contribution in [3.05, 3.63) is 12.2 Å². The maximum absolute atomic E-state index is 4.70. The van der Waals surface area contributed by atoms with E-state index in [2.05, 4.69) is 20.4 Å². The minimum absolute atomic E-state index is 0.770. The normalized spacial score (nSPS) is 23.1. The molecule has 1 unspecified atom stereocenters. The zero-order chi connectivity index (χ0) is 9.80. The summed E-state index contributed by atoms with van der Waals surface area (Å²) in [6, 6.07) is 0. The minimum Gasteiger partial charge on any atom is -0.343 e. The van der Waals surface area contributed by atoms with Gasteiger partial charge in [-0.25, -0.2) is 0 Å². The second-order valence-corrected chi connectivity index (χ2v) is 3.79. The van der Waals surface area contributed by atoms with Gasteiger partial charge < -0.3 is 9.84 Å². The first-order valence-corrected chi connectivity index (χ1v) is 5.00. The highest BCUT2D eigenvalue weighted by Crippen LogP contribution is 2.16. The van der Waals surface area contributed by atoms with Gasteiger partial charge in [0.15, 0.2) is 5.82 Å². The summed E-state index contributed by atoms with van der Waals surface area (Å²) in [5.74, 6) is 1.56. The molecule has 2 rings (SSSR count). The fraction of sp³-hybridized carbons (Fsp3) is 0.778. The first-order valence-electron chi connectivity index (χ1n) is 5.00. The fourth-order valence-corrected chi connectivity index (χ4v) is 1.97. The molecule has 14 heavy (non-hydrogen) atoms. The molecule has 78 valence electrons. The van der Waals surface area contributed by atoms with E-state index in [1.807, 2.05) is 7.05 Å². The van der Waals surface area contributed by atoms with Crippen LogP contribution in [-0.2, 0) is 6.54 Å². The summed E-state index contributed by atoms with van der Waals surface area (Å²) >= 11 is 0. The third kappa shape index (κ3) is 2.30. The summed E-state index contributed by atoms with van der Waals surface area (Å²) in [4.78, 5) is 6.38. The number of likely N-dealkylation sites (tertiary alicyclic amines) is 1. The van der Waals surface area contributed by atoms with Crippen molar-refractivity contribution >= 4 is 0 Å². The van der Waals surface area contributed by atoms with Crippen molar-refractivity contribution in [1.82, 2.24) is 20.4 Å². The van der Waals surface area contributed by atoms with Crippen LogP contribution in [0.4, 0.5) is 0 Å². The molecule has 1 saturated heterocycles. The molecule has 0 radical (unpaired) electrons. The number of rotatable bonds is 4. The SMILES string of the molecule is CNCC1CCN(Cc2ncon2)C1. The molecular formula is C9H16N4O. The van der Waals surface area contributed by atoms with E-state index in [4.69, 9.17) is 4.52 Å². The van der Waals surface area contributed by atoms with Gasteiger partial charge in [0, 0.05) is 6.54 Å². The summed E-state index contributed by atoms with van der Waals surface area (Å²) < 4.78 is 4.70. The summed E-state index contributed by atoms with van der Waals surface area (Å²) in [6.07, 6.45) is 2.65. The van der Waals surface area contributed by atoms with Gasteiger partial charge >= 0.3 is 0 Å². The summed E-state index contributed by atoms with van der Waals surface area (Å²) in [7, 11) is 2.00. The lowest BCUT2D eigenvalue weighted by Gasteiger charge is -2.13. The molecule has 1 aromatic heterocycles. The van der Waals surface area contributed by atoms with E-state index in [0.29, 0.717) is 0 Å². The van der Waals surface area contributed by atoms with E-state index in [0.717, 1.165) is 37.9 Å². The fourth-order valence-electron chi connectivity index (χ4n) is 1.97. The molecule has 0 aromatic carbocycles. The maximum Gasteiger partial charge on any atom is 0.213 e. The van der Waals surface area contributed by atoms with Gasteiger partial charge in [0.2, 0.25) is 6.39 Å². The Labute approximate surface area is 83.5 Å². The van der Waals surface area contributed by atoms with Crippen molar-refractivity contribution in [3.63, 3.8) is 0 Å². The lowest BCUT2D eigenvalue weighted by Crippen LogP contribution is -2.24. The average Bonchev–Trinajstić information content (AvgIpc) is 2.79. The third-order valence-corrected chi connectivity index (χ3v) is 2.63. The largest absolute Gasteiger partial charge is 0.343 e. The summed E-state index contributed by atoms with van der Waals surface area (Å²) in [5, 5.41) is 7.02. The summed E-state index contributed by atoms with van der Waals surface area (Å²) in [5.41, 5.74) is 0. The monoisotopic (exact) mass is 196 g/mol. The molecule has 0 aliphatic carbocycles. The van der Waals surface area contributed by atoms with Gasteiger partial charge in [-0.3, -0.25) is 4.90 Å². The van der Waals surface area contributed by atoms with Gasteiger partial charge in [0.25, 0.3) is 0 Å². The van der Waals surface area contributed by atoms with Gasteiger partial charge in [0.05, 0.1) is 6.54 Å². The molecule has 5 heteroatoms. The molecule has 5 nitrogen and oxygen atoms in total. The smallest absolute Gasteiger partial charge is 0.213 e. The molecule has 0 saturated carbocycles. The minimum atomic E-state index is 0.770. The van der Waals surface area contributed by atoms with Crippen LogP contribution >= 0.6 is 0 Å². The second-order valence-electron chi connectivity index (χ2n) is 3.79. The molecule has 1 aromatic rings. The van der Waals surface area contributed by atoms with E-state index < -0.39 is 0 Å². The molecule has 1 fully saturated rings. The Kier molecular flexibility index (Phi) is 3.10. The van der Waals surface area contributed by atoms with Crippen molar-refractivity contribution in [2.45, 2.75) is 13.0 Å². The lowest BCUT2D eigenvalue weighted by molar-refractivity contribution is 0.299. The number of nitrogens with zero attached hydrogens (tertiary/aromatic N) is 3. The summed E-state index contributed by atoms with van der Waals surface area (Å²) in [6.45, 7) is 4.19. The van der Waals surface area contributed by atoms with Crippen molar-refractivity contribution in [3.8, 4) is 0 Å². The van der Waals surface area contributed by atoms with Crippen LogP contribution in [0.3, 0.4) is 0 Å². The van der Waals surface area contributed by atoms with Crippen LogP contribution in [0.5, 0.6) is 0 Å². The Balaban J connectivity index is 1.79. The maximum atomic E-state index is 4.70. The van der Waals surface area contributed by atoms with E-state index in [-0.39, 0.29) is 0 Å². The van der Waals surface area contributed by atoms with Crippen LogP contribution in [0.15, 0.2) is 10.9 Å². The van der Waals surface area contributed by atoms with Gasteiger partial charge in [-0.15, -0.1) is 0 Å². The quantitative estimate of drug-likeness (QED) is 0.740. The number of nitrogens with one attached hydrogen (secondary N) is 1. The molecule has 1 aliphatic heterocycles. The Morgan fingerprint density at radius 1 is 1.71 bits per heavy atom. The number of hydrogen-bond acceptors (Lipinski definition) is 5. The van der Waals surface area contributed by atoms with Gasteiger partial charge in [-0.2, -0.15) is 4.98 Å². The Morgan fingerprint density at radius 3 is 3.36 bits per heavy atom.